The summed E-state index contributed by atoms with van der Waals surface area (Å²) in [6.07, 6.45) is 1.09. The van der Waals surface area contributed by atoms with E-state index in [0.717, 1.165) is 6.20 Å². The molecule has 3 nitrogen and oxygen atoms in total. The molecule has 0 aromatic carbocycles. The number of pyridine rings is 1. The van der Waals surface area contributed by atoms with Gasteiger partial charge in [-0.15, -0.1) is 0 Å². The number of hydrogen-bond acceptors (Lipinski definition) is 3. The van der Waals surface area contributed by atoms with Crippen LogP contribution in [0.1, 0.15) is 19.5 Å². The van der Waals surface area contributed by atoms with E-state index in [9.17, 15) is 9.50 Å². The molecule has 0 aliphatic heterocycles. The summed E-state index contributed by atoms with van der Waals surface area (Å²) in [6.45, 7) is 3.81. The molecule has 1 rings (SSSR count). The Morgan fingerprint density at radius 2 is 2.29 bits per heavy atom. The van der Waals surface area contributed by atoms with Gasteiger partial charge in [0.05, 0.1) is 11.9 Å². The fraction of sp³-hybridized carbons (Fsp3) is 0.500. The van der Waals surface area contributed by atoms with Crippen molar-refractivity contribution in [2.24, 2.45) is 11.7 Å². The van der Waals surface area contributed by atoms with Crippen molar-refractivity contribution < 1.29 is 9.50 Å². The molecule has 0 aliphatic carbocycles. The predicted octanol–water partition coefficient (Wildman–Crippen LogP) is 1.02. The molecule has 14 heavy (non-hydrogen) atoms. The van der Waals surface area contributed by atoms with E-state index in [4.69, 9.17) is 5.73 Å². The largest absolute Gasteiger partial charge is 0.384 e. The summed E-state index contributed by atoms with van der Waals surface area (Å²) in [7, 11) is 0. The molecule has 3 N–H and O–H groups in total. The van der Waals surface area contributed by atoms with Crippen LogP contribution in [0.5, 0.6) is 0 Å². The lowest BCUT2D eigenvalue weighted by molar-refractivity contribution is 0.000985. The molecule has 0 saturated carbocycles. The Balaban J connectivity index is 2.97. The van der Waals surface area contributed by atoms with Crippen LogP contribution >= 0.6 is 0 Å². The smallest absolute Gasteiger partial charge is 0.141 e. The summed E-state index contributed by atoms with van der Waals surface area (Å²) in [4.78, 5) is 3.84. The molecule has 0 amide bonds. The first-order chi connectivity index (χ1) is 6.48. The molecule has 1 aromatic heterocycles. The predicted molar refractivity (Wildman–Crippen MR) is 52.0 cm³/mol. The summed E-state index contributed by atoms with van der Waals surface area (Å²) in [5.41, 5.74) is 4.80. The molecule has 0 aliphatic rings. The van der Waals surface area contributed by atoms with Crippen molar-refractivity contribution in [2.75, 3.05) is 6.54 Å². The molecule has 78 valence electrons. The Bertz CT molecular complexity index is 297. The first-order valence-electron chi connectivity index (χ1n) is 4.53. The molecule has 0 fully saturated rings. The number of hydrogen-bond donors (Lipinski definition) is 2. The molecule has 1 aromatic rings. The third-order valence-electron chi connectivity index (χ3n) is 2.56. The second-order valence-electron chi connectivity index (χ2n) is 3.65. The van der Waals surface area contributed by atoms with Gasteiger partial charge in [0.1, 0.15) is 11.4 Å². The molecular formula is C10H15FN2O. The molecule has 0 saturated heterocycles. The zero-order valence-electron chi connectivity index (χ0n) is 8.37. The van der Waals surface area contributed by atoms with Crippen molar-refractivity contribution in [3.63, 3.8) is 0 Å². The number of nitrogens with two attached hydrogens (primary N) is 1. The maximum Gasteiger partial charge on any atom is 0.141 e. The van der Waals surface area contributed by atoms with Gasteiger partial charge in [-0.2, -0.15) is 0 Å². The number of aliphatic hydroxyl groups is 1. The standard InChI is InChI=1S/C10H15FN2O/c1-7(5-12)10(2,14)9-4-3-8(11)6-13-9/h3-4,6-7,14H,5,12H2,1-2H3. The van der Waals surface area contributed by atoms with Gasteiger partial charge in [-0.25, -0.2) is 4.39 Å². The zero-order chi connectivity index (χ0) is 10.8. The van der Waals surface area contributed by atoms with E-state index in [1.165, 1.54) is 12.1 Å². The normalized spacial score (nSPS) is 17.5. The van der Waals surface area contributed by atoms with E-state index < -0.39 is 11.4 Å². The third-order valence-corrected chi connectivity index (χ3v) is 2.56. The first kappa shape index (κ1) is 11.1. The van der Waals surface area contributed by atoms with E-state index >= 15 is 0 Å². The molecule has 0 spiro atoms. The Morgan fingerprint density at radius 1 is 1.64 bits per heavy atom. The summed E-state index contributed by atoms with van der Waals surface area (Å²) >= 11 is 0. The fourth-order valence-corrected chi connectivity index (χ4v) is 1.16. The van der Waals surface area contributed by atoms with Crippen LogP contribution in [0.25, 0.3) is 0 Å². The fourth-order valence-electron chi connectivity index (χ4n) is 1.16. The Kier molecular flexibility index (Phi) is 3.18. The topological polar surface area (TPSA) is 59.1 Å². The Morgan fingerprint density at radius 3 is 2.71 bits per heavy atom. The van der Waals surface area contributed by atoms with Gasteiger partial charge in [0.15, 0.2) is 0 Å². The Labute approximate surface area is 82.8 Å². The summed E-state index contributed by atoms with van der Waals surface area (Å²) < 4.78 is 12.6. The van der Waals surface area contributed by atoms with Crippen LogP contribution in [-0.4, -0.2) is 16.6 Å². The van der Waals surface area contributed by atoms with Crippen LogP contribution in [0.15, 0.2) is 18.3 Å². The molecule has 0 radical (unpaired) electrons. The maximum absolute atomic E-state index is 12.6. The molecule has 2 atom stereocenters. The lowest BCUT2D eigenvalue weighted by Gasteiger charge is -2.28. The van der Waals surface area contributed by atoms with Crippen LogP contribution in [0.4, 0.5) is 4.39 Å². The second kappa shape index (κ2) is 4.02. The van der Waals surface area contributed by atoms with E-state index in [-0.39, 0.29) is 5.92 Å². The quantitative estimate of drug-likeness (QED) is 0.762. The van der Waals surface area contributed by atoms with Crippen LogP contribution < -0.4 is 5.73 Å². The van der Waals surface area contributed by atoms with E-state index in [0.29, 0.717) is 12.2 Å². The van der Waals surface area contributed by atoms with Gasteiger partial charge in [-0.3, -0.25) is 4.98 Å². The minimum absolute atomic E-state index is 0.125. The summed E-state index contributed by atoms with van der Waals surface area (Å²) in [5, 5.41) is 10.1. The van der Waals surface area contributed by atoms with Crippen molar-refractivity contribution in [3.8, 4) is 0 Å². The highest BCUT2D eigenvalue weighted by molar-refractivity contribution is 5.13. The molecule has 4 heteroatoms. The number of rotatable bonds is 3. The highest BCUT2D eigenvalue weighted by Gasteiger charge is 2.30. The molecule has 2 unspecified atom stereocenters. The molecule has 1 heterocycles. The average Bonchev–Trinajstić information content (AvgIpc) is 2.17. The highest BCUT2D eigenvalue weighted by Crippen LogP contribution is 2.26. The maximum atomic E-state index is 12.6. The van der Waals surface area contributed by atoms with Gasteiger partial charge in [0.2, 0.25) is 0 Å². The molecule has 0 bridgehead atoms. The van der Waals surface area contributed by atoms with Crippen LogP contribution in [-0.2, 0) is 5.60 Å². The van der Waals surface area contributed by atoms with Gasteiger partial charge in [0, 0.05) is 5.92 Å². The van der Waals surface area contributed by atoms with Crippen LogP contribution in [0.3, 0.4) is 0 Å². The minimum Gasteiger partial charge on any atom is -0.384 e. The van der Waals surface area contributed by atoms with E-state index in [1.807, 2.05) is 6.92 Å². The van der Waals surface area contributed by atoms with Crippen molar-refractivity contribution in [2.45, 2.75) is 19.4 Å². The molecular weight excluding hydrogens is 183 g/mol. The number of aromatic nitrogens is 1. The van der Waals surface area contributed by atoms with E-state index in [1.54, 1.807) is 6.92 Å². The number of halogens is 1. The monoisotopic (exact) mass is 198 g/mol. The van der Waals surface area contributed by atoms with Gasteiger partial charge < -0.3 is 10.8 Å². The van der Waals surface area contributed by atoms with Gasteiger partial charge in [-0.05, 0) is 25.6 Å². The van der Waals surface area contributed by atoms with Gasteiger partial charge in [0.25, 0.3) is 0 Å². The van der Waals surface area contributed by atoms with Gasteiger partial charge in [-0.1, -0.05) is 6.92 Å². The summed E-state index contributed by atoms with van der Waals surface area (Å²) in [6, 6.07) is 2.75. The van der Waals surface area contributed by atoms with Crippen LogP contribution in [0.2, 0.25) is 0 Å². The van der Waals surface area contributed by atoms with Crippen LogP contribution in [0, 0.1) is 11.7 Å². The lowest BCUT2D eigenvalue weighted by atomic mass is 9.87. The number of nitrogens with zero attached hydrogens (tertiary/aromatic N) is 1. The zero-order valence-corrected chi connectivity index (χ0v) is 8.37. The summed E-state index contributed by atoms with van der Waals surface area (Å²) in [5.74, 6) is -0.537. The Hall–Kier alpha value is -1.00. The SMILES string of the molecule is CC(CN)C(C)(O)c1ccc(F)cn1. The first-order valence-corrected chi connectivity index (χ1v) is 4.53. The second-order valence-corrected chi connectivity index (χ2v) is 3.65. The van der Waals surface area contributed by atoms with Crippen molar-refractivity contribution in [1.29, 1.82) is 0 Å². The van der Waals surface area contributed by atoms with Gasteiger partial charge >= 0.3 is 0 Å². The van der Waals surface area contributed by atoms with Crippen molar-refractivity contribution in [3.05, 3.63) is 29.8 Å². The highest BCUT2D eigenvalue weighted by atomic mass is 19.1. The lowest BCUT2D eigenvalue weighted by Crippen LogP contribution is -2.35. The third kappa shape index (κ3) is 2.08. The average molecular weight is 198 g/mol. The van der Waals surface area contributed by atoms with Crippen molar-refractivity contribution in [1.82, 2.24) is 4.98 Å². The minimum atomic E-state index is -1.11. The van der Waals surface area contributed by atoms with E-state index in [2.05, 4.69) is 4.98 Å². The van der Waals surface area contributed by atoms with Crippen molar-refractivity contribution >= 4 is 0 Å².